The summed E-state index contributed by atoms with van der Waals surface area (Å²) < 4.78 is 69.8. The molecule has 4 rings (SSSR count). The zero-order valence-electron chi connectivity index (χ0n) is 20.6. The van der Waals surface area contributed by atoms with Gasteiger partial charge in [0.2, 0.25) is 10.0 Å². The van der Waals surface area contributed by atoms with E-state index in [2.05, 4.69) is 27.5 Å². The van der Waals surface area contributed by atoms with Crippen molar-refractivity contribution in [1.29, 1.82) is 0 Å². The molecule has 4 N–H and O–H groups in total. The molecule has 0 atom stereocenters. The summed E-state index contributed by atoms with van der Waals surface area (Å²) in [6.07, 6.45) is -2.23. The number of carboxylic acids is 1. The summed E-state index contributed by atoms with van der Waals surface area (Å²) in [5.74, 6) is -1.71. The number of nitrogens with zero attached hydrogens (tertiary/aromatic N) is 2. The largest absolute Gasteiger partial charge is 0.495 e. The summed E-state index contributed by atoms with van der Waals surface area (Å²) in [5.41, 5.74) is 2.36. The number of fused-ring (bicyclic) bond motifs is 1. The van der Waals surface area contributed by atoms with Crippen molar-refractivity contribution in [3.8, 4) is 5.75 Å². The van der Waals surface area contributed by atoms with E-state index in [-0.39, 0.29) is 4.90 Å². The number of aliphatic carboxylic acids is 1. The topological polar surface area (TPSA) is 146 Å². The number of rotatable bonds is 8. The lowest BCUT2D eigenvalue weighted by molar-refractivity contribution is -0.192. The van der Waals surface area contributed by atoms with Crippen LogP contribution < -0.4 is 15.4 Å². The molecule has 38 heavy (non-hydrogen) atoms. The Bertz CT molecular complexity index is 1360. The fourth-order valence-corrected chi connectivity index (χ4v) is 4.94. The minimum atomic E-state index is -5.08. The molecule has 0 radical (unpaired) electrons. The van der Waals surface area contributed by atoms with Crippen molar-refractivity contribution < 1.29 is 41.0 Å². The molecular formula is C23H28F3N5O6S. The van der Waals surface area contributed by atoms with E-state index in [4.69, 9.17) is 19.4 Å². The van der Waals surface area contributed by atoms with Crippen LogP contribution in [0.1, 0.15) is 13.3 Å². The molecule has 15 heteroatoms. The number of alkyl halides is 3. The maximum absolute atomic E-state index is 13.0. The first kappa shape index (κ1) is 29.0. The Hall–Kier alpha value is -3.56. The Balaban J connectivity index is 0.000000505. The number of nitrogens with one attached hydrogen (secondary N) is 3. The number of anilines is 3. The standard InChI is InChI=1S/C21H27N5O4S.C2HF3O2/c1-3-7-22-18-14-20(25-21-16(18)6-8-23-21)24-17-5-4-15(13-19(17)29-2)31(27,28)26-9-11-30-12-10-26;3-2(4,5)1(6)7/h4-6,8,13-14H,3,7,9-12H2,1-2H3,(H3,22,23,24,25);(H,6,7). The number of morpholine rings is 1. The van der Waals surface area contributed by atoms with E-state index in [1.165, 1.54) is 17.5 Å². The summed E-state index contributed by atoms with van der Waals surface area (Å²) in [5, 5.41) is 14.8. The summed E-state index contributed by atoms with van der Waals surface area (Å²) >= 11 is 0. The molecule has 0 spiro atoms. The lowest BCUT2D eigenvalue weighted by atomic mass is 10.2. The van der Waals surface area contributed by atoms with Crippen LogP contribution in [0.2, 0.25) is 0 Å². The fraction of sp³-hybridized carbons (Fsp3) is 0.391. The van der Waals surface area contributed by atoms with Crippen LogP contribution in [0.15, 0.2) is 41.4 Å². The van der Waals surface area contributed by atoms with Gasteiger partial charge in [0.25, 0.3) is 0 Å². The first-order chi connectivity index (χ1) is 18.0. The highest BCUT2D eigenvalue weighted by Gasteiger charge is 2.38. The number of halogens is 3. The third-order valence-corrected chi connectivity index (χ3v) is 7.27. The quantitative estimate of drug-likeness (QED) is 0.324. The molecular weight excluding hydrogens is 531 g/mol. The van der Waals surface area contributed by atoms with Gasteiger partial charge in [-0.05, 0) is 24.6 Å². The second-order valence-electron chi connectivity index (χ2n) is 8.03. The molecule has 3 heterocycles. The van der Waals surface area contributed by atoms with E-state index in [9.17, 15) is 21.6 Å². The highest BCUT2D eigenvalue weighted by Crippen LogP contribution is 2.33. The molecule has 11 nitrogen and oxygen atoms in total. The highest BCUT2D eigenvalue weighted by molar-refractivity contribution is 7.89. The number of H-pyrrole nitrogens is 1. The fourth-order valence-electron chi connectivity index (χ4n) is 3.52. The number of carboxylic acid groups (broad SMARTS) is 1. The predicted octanol–water partition coefficient (Wildman–Crippen LogP) is 3.79. The number of methoxy groups -OCH3 is 1. The van der Waals surface area contributed by atoms with E-state index in [1.54, 1.807) is 12.1 Å². The summed E-state index contributed by atoms with van der Waals surface area (Å²) in [6.45, 7) is 4.45. The van der Waals surface area contributed by atoms with Crippen LogP contribution in [0.4, 0.5) is 30.4 Å². The van der Waals surface area contributed by atoms with Crippen molar-refractivity contribution in [2.75, 3.05) is 50.6 Å². The Labute approximate surface area is 217 Å². The average molecular weight is 560 g/mol. The van der Waals surface area contributed by atoms with Gasteiger partial charge < -0.3 is 30.2 Å². The smallest absolute Gasteiger partial charge is 0.490 e. The maximum atomic E-state index is 13.0. The van der Waals surface area contributed by atoms with Crippen molar-refractivity contribution in [2.24, 2.45) is 0 Å². The van der Waals surface area contributed by atoms with Crippen LogP contribution in [-0.2, 0) is 19.6 Å². The third kappa shape index (κ3) is 7.05. The van der Waals surface area contributed by atoms with E-state index >= 15 is 0 Å². The zero-order chi connectivity index (χ0) is 27.9. The Morgan fingerprint density at radius 1 is 1.21 bits per heavy atom. The van der Waals surface area contributed by atoms with Crippen LogP contribution in [0.3, 0.4) is 0 Å². The van der Waals surface area contributed by atoms with E-state index in [0.29, 0.717) is 43.6 Å². The number of sulfonamides is 1. The Kier molecular flexibility index (Phi) is 9.40. The van der Waals surface area contributed by atoms with Crippen molar-refractivity contribution in [3.05, 3.63) is 36.5 Å². The van der Waals surface area contributed by atoms with Gasteiger partial charge in [0, 0.05) is 49.0 Å². The Morgan fingerprint density at radius 3 is 2.50 bits per heavy atom. The molecule has 3 aromatic rings. The SMILES string of the molecule is CCCNc1cc(Nc2ccc(S(=O)(=O)N3CCOCC3)cc2OC)nc2[nH]ccc12.O=C(O)C(F)(F)F. The van der Waals surface area contributed by atoms with Gasteiger partial charge in [-0.3, -0.25) is 0 Å². The molecule has 0 saturated carbocycles. The van der Waals surface area contributed by atoms with Crippen LogP contribution >= 0.6 is 0 Å². The molecule has 1 aliphatic heterocycles. The lowest BCUT2D eigenvalue weighted by Crippen LogP contribution is -2.40. The predicted molar refractivity (Wildman–Crippen MR) is 134 cm³/mol. The maximum Gasteiger partial charge on any atom is 0.490 e. The summed E-state index contributed by atoms with van der Waals surface area (Å²) in [7, 11) is -2.09. The molecule has 1 saturated heterocycles. The molecule has 2 aromatic heterocycles. The number of aromatic amines is 1. The van der Waals surface area contributed by atoms with E-state index < -0.39 is 22.2 Å². The van der Waals surface area contributed by atoms with Gasteiger partial charge >= 0.3 is 12.1 Å². The Morgan fingerprint density at radius 2 is 1.89 bits per heavy atom. The van der Waals surface area contributed by atoms with Crippen LogP contribution in [0, 0.1) is 0 Å². The average Bonchev–Trinajstić information content (AvgIpc) is 3.36. The van der Waals surface area contributed by atoms with Crippen molar-refractivity contribution in [1.82, 2.24) is 14.3 Å². The van der Waals surface area contributed by atoms with Crippen LogP contribution in [-0.4, -0.2) is 79.9 Å². The highest BCUT2D eigenvalue weighted by atomic mass is 32.2. The number of ether oxygens (including phenoxy) is 2. The minimum Gasteiger partial charge on any atom is -0.495 e. The van der Waals surface area contributed by atoms with Crippen LogP contribution in [0.25, 0.3) is 11.0 Å². The molecule has 1 aliphatic rings. The van der Waals surface area contributed by atoms with Gasteiger partial charge in [-0.2, -0.15) is 17.5 Å². The molecule has 0 aliphatic carbocycles. The first-order valence-corrected chi connectivity index (χ1v) is 13.0. The number of benzene rings is 1. The van der Waals surface area contributed by atoms with Crippen molar-refractivity contribution in [2.45, 2.75) is 24.4 Å². The second kappa shape index (κ2) is 12.3. The number of pyridine rings is 1. The number of carbonyl (C=O) groups is 1. The third-order valence-electron chi connectivity index (χ3n) is 5.38. The molecule has 208 valence electrons. The summed E-state index contributed by atoms with van der Waals surface area (Å²) in [4.78, 5) is 16.8. The van der Waals surface area contributed by atoms with Gasteiger partial charge in [-0.25, -0.2) is 18.2 Å². The van der Waals surface area contributed by atoms with Gasteiger partial charge in [-0.1, -0.05) is 6.92 Å². The number of aromatic nitrogens is 2. The van der Waals surface area contributed by atoms with Gasteiger partial charge in [0.1, 0.15) is 17.2 Å². The molecule has 0 amide bonds. The number of hydrogen-bond acceptors (Lipinski definition) is 8. The summed E-state index contributed by atoms with van der Waals surface area (Å²) in [6, 6.07) is 8.74. The second-order valence-corrected chi connectivity index (χ2v) is 9.97. The van der Waals surface area contributed by atoms with Crippen molar-refractivity contribution in [3.63, 3.8) is 0 Å². The minimum absolute atomic E-state index is 0.190. The zero-order valence-corrected chi connectivity index (χ0v) is 21.4. The van der Waals surface area contributed by atoms with Crippen molar-refractivity contribution >= 4 is 44.2 Å². The molecule has 1 fully saturated rings. The van der Waals surface area contributed by atoms with Gasteiger partial charge in [0.15, 0.2) is 0 Å². The lowest BCUT2D eigenvalue weighted by Gasteiger charge is -2.26. The van der Waals surface area contributed by atoms with Gasteiger partial charge in [0.05, 0.1) is 30.9 Å². The normalized spacial score (nSPS) is 14.4. The van der Waals surface area contributed by atoms with Gasteiger partial charge in [-0.15, -0.1) is 0 Å². The van der Waals surface area contributed by atoms with E-state index in [1.807, 2.05) is 18.3 Å². The molecule has 1 aromatic carbocycles. The molecule has 0 bridgehead atoms. The molecule has 0 unspecified atom stereocenters. The number of hydrogen-bond donors (Lipinski definition) is 4. The van der Waals surface area contributed by atoms with E-state index in [0.717, 1.165) is 29.7 Å². The van der Waals surface area contributed by atoms with Crippen LogP contribution in [0.5, 0.6) is 5.75 Å². The monoisotopic (exact) mass is 559 g/mol. The first-order valence-electron chi connectivity index (χ1n) is 11.5.